The van der Waals surface area contributed by atoms with E-state index in [1.807, 2.05) is 31.2 Å². The quantitative estimate of drug-likeness (QED) is 0.120. The minimum absolute atomic E-state index is 0.115. The molecule has 8 nitrogen and oxygen atoms in total. The second-order valence-electron chi connectivity index (χ2n) is 12.3. The number of nitriles is 1. The SMILES string of the molecule is Cc1cc(C=CC(=O)N2CCN(Cc3ccc(COc4ccc(F)cc4)cc3F)CC2)cc(Cl)c1Oc1ccc(OCc2ccc(C#N)cc2)cn1. The first kappa shape index (κ1) is 36.0. The van der Waals surface area contributed by atoms with Gasteiger partial charge in [-0.1, -0.05) is 35.9 Å². The molecule has 264 valence electrons. The summed E-state index contributed by atoms with van der Waals surface area (Å²) in [4.78, 5) is 21.2. The third kappa shape index (κ3) is 9.72. The van der Waals surface area contributed by atoms with E-state index in [1.54, 1.807) is 53.6 Å². The van der Waals surface area contributed by atoms with Gasteiger partial charge in [0.05, 0.1) is 22.9 Å². The van der Waals surface area contributed by atoms with Gasteiger partial charge in [0, 0.05) is 50.4 Å². The number of carbonyl (C=O) groups is 1. The lowest BCUT2D eigenvalue weighted by atomic mass is 10.1. The standard InChI is InChI=1S/C41H35ClF2N4O4/c1-28-20-31(21-37(42)41(28)52-39-14-13-36(24-46-39)51-26-30-4-2-29(23-45)3-5-30)7-15-40(49)48-18-16-47(17-19-48)25-33-8-6-32(22-38(33)44)27-50-35-11-9-34(43)10-12-35/h2-15,20-22,24H,16-19,25-27H2,1H3. The van der Waals surface area contributed by atoms with Gasteiger partial charge in [0.15, 0.2) is 5.75 Å². The van der Waals surface area contributed by atoms with E-state index in [1.165, 1.54) is 36.4 Å². The molecule has 0 atom stereocenters. The Morgan fingerprint density at radius 3 is 2.25 bits per heavy atom. The Kier molecular flexibility index (Phi) is 11.8. The molecule has 0 bridgehead atoms. The number of carbonyl (C=O) groups excluding carboxylic acids is 1. The molecule has 1 aliphatic rings. The monoisotopic (exact) mass is 720 g/mol. The Hall–Kier alpha value is -5.76. The van der Waals surface area contributed by atoms with Crippen LogP contribution in [0.2, 0.25) is 5.02 Å². The molecule has 0 unspecified atom stereocenters. The summed E-state index contributed by atoms with van der Waals surface area (Å²) in [5.74, 6) is 1.11. The molecule has 1 fully saturated rings. The second-order valence-corrected chi connectivity index (χ2v) is 12.7. The van der Waals surface area contributed by atoms with Crippen molar-refractivity contribution in [2.24, 2.45) is 0 Å². The number of nitrogens with zero attached hydrogens (tertiary/aromatic N) is 4. The molecule has 11 heteroatoms. The molecule has 4 aromatic carbocycles. The molecular formula is C41H35ClF2N4O4. The lowest BCUT2D eigenvalue weighted by molar-refractivity contribution is -0.127. The van der Waals surface area contributed by atoms with Crippen LogP contribution in [0.5, 0.6) is 23.1 Å². The molecule has 1 aromatic heterocycles. The minimum atomic E-state index is -0.346. The molecular weight excluding hydrogens is 686 g/mol. The normalized spacial score (nSPS) is 13.2. The summed E-state index contributed by atoms with van der Waals surface area (Å²) >= 11 is 6.59. The second kappa shape index (κ2) is 17.0. The van der Waals surface area contributed by atoms with E-state index < -0.39 is 0 Å². The molecule has 1 amide bonds. The van der Waals surface area contributed by atoms with Crippen LogP contribution in [-0.4, -0.2) is 46.9 Å². The molecule has 0 saturated carbocycles. The van der Waals surface area contributed by atoms with Crippen LogP contribution < -0.4 is 14.2 Å². The van der Waals surface area contributed by atoms with Crippen LogP contribution in [0.25, 0.3) is 6.08 Å². The van der Waals surface area contributed by atoms with E-state index in [-0.39, 0.29) is 24.1 Å². The van der Waals surface area contributed by atoms with Crippen molar-refractivity contribution in [3.05, 3.63) is 153 Å². The zero-order valence-corrected chi connectivity index (χ0v) is 29.2. The number of aryl methyl sites for hydroxylation is 1. The van der Waals surface area contributed by atoms with Crippen LogP contribution in [0.15, 0.2) is 103 Å². The summed E-state index contributed by atoms with van der Waals surface area (Å²) in [6.07, 6.45) is 4.83. The maximum Gasteiger partial charge on any atom is 0.246 e. The number of piperazine rings is 1. The van der Waals surface area contributed by atoms with E-state index in [4.69, 9.17) is 31.1 Å². The molecule has 0 spiro atoms. The number of halogens is 3. The number of pyridine rings is 1. The average molecular weight is 721 g/mol. The first-order chi connectivity index (χ1) is 25.2. The predicted molar refractivity (Wildman–Crippen MR) is 194 cm³/mol. The summed E-state index contributed by atoms with van der Waals surface area (Å²) in [5.41, 5.74) is 4.30. The van der Waals surface area contributed by atoms with Gasteiger partial charge in [0.1, 0.15) is 36.3 Å². The first-order valence-corrected chi connectivity index (χ1v) is 17.0. The lowest BCUT2D eigenvalue weighted by Gasteiger charge is -2.34. The summed E-state index contributed by atoms with van der Waals surface area (Å²) in [7, 11) is 0. The average Bonchev–Trinajstić information content (AvgIpc) is 3.16. The summed E-state index contributed by atoms with van der Waals surface area (Å²) in [5, 5.41) is 9.32. The van der Waals surface area contributed by atoms with Crippen molar-refractivity contribution >= 4 is 23.6 Å². The van der Waals surface area contributed by atoms with Crippen molar-refractivity contribution in [2.45, 2.75) is 26.7 Å². The number of hydrogen-bond donors (Lipinski definition) is 0. The van der Waals surface area contributed by atoms with Crippen LogP contribution in [0.4, 0.5) is 8.78 Å². The van der Waals surface area contributed by atoms with Crippen LogP contribution in [0, 0.1) is 29.9 Å². The first-order valence-electron chi connectivity index (χ1n) is 16.6. The van der Waals surface area contributed by atoms with E-state index in [9.17, 15) is 13.6 Å². The van der Waals surface area contributed by atoms with Crippen LogP contribution in [0.1, 0.15) is 33.4 Å². The number of aromatic nitrogens is 1. The van der Waals surface area contributed by atoms with Gasteiger partial charge < -0.3 is 19.1 Å². The van der Waals surface area contributed by atoms with Crippen molar-refractivity contribution in [1.29, 1.82) is 5.26 Å². The number of benzene rings is 4. The van der Waals surface area contributed by atoms with Crippen LogP contribution in [0.3, 0.4) is 0 Å². The number of amides is 1. The third-order valence-corrected chi connectivity index (χ3v) is 8.77. The highest BCUT2D eigenvalue weighted by molar-refractivity contribution is 6.32. The summed E-state index contributed by atoms with van der Waals surface area (Å²) in [6, 6.07) is 27.1. The third-order valence-electron chi connectivity index (χ3n) is 8.49. The molecule has 1 saturated heterocycles. The zero-order valence-electron chi connectivity index (χ0n) is 28.4. The fraction of sp³-hybridized carbons (Fsp3) is 0.195. The maximum atomic E-state index is 14.9. The molecule has 5 aromatic rings. The Balaban J connectivity index is 0.957. The zero-order chi connectivity index (χ0) is 36.5. The Morgan fingerprint density at radius 2 is 1.58 bits per heavy atom. The van der Waals surface area contributed by atoms with Gasteiger partial charge in [-0.2, -0.15) is 5.26 Å². The van der Waals surface area contributed by atoms with Gasteiger partial charge in [-0.3, -0.25) is 9.69 Å². The van der Waals surface area contributed by atoms with Crippen LogP contribution >= 0.6 is 11.6 Å². The van der Waals surface area contributed by atoms with Gasteiger partial charge in [-0.15, -0.1) is 0 Å². The Morgan fingerprint density at radius 1 is 0.885 bits per heavy atom. The molecule has 1 aliphatic heterocycles. The molecule has 0 radical (unpaired) electrons. The molecule has 0 aliphatic carbocycles. The van der Waals surface area contributed by atoms with Gasteiger partial charge >= 0.3 is 0 Å². The highest BCUT2D eigenvalue weighted by Gasteiger charge is 2.21. The van der Waals surface area contributed by atoms with Crippen LogP contribution in [-0.2, 0) is 24.6 Å². The Labute approximate surface area is 306 Å². The van der Waals surface area contributed by atoms with Gasteiger partial charge in [-0.25, -0.2) is 13.8 Å². The highest BCUT2D eigenvalue weighted by Crippen LogP contribution is 2.34. The predicted octanol–water partition coefficient (Wildman–Crippen LogP) is 8.50. The van der Waals surface area contributed by atoms with E-state index >= 15 is 0 Å². The topological polar surface area (TPSA) is 87.9 Å². The smallest absolute Gasteiger partial charge is 0.246 e. The summed E-state index contributed by atoms with van der Waals surface area (Å²) < 4.78 is 45.4. The molecule has 6 rings (SSSR count). The number of rotatable bonds is 12. The lowest BCUT2D eigenvalue weighted by Crippen LogP contribution is -2.47. The maximum absolute atomic E-state index is 14.9. The Bertz CT molecular complexity index is 2050. The van der Waals surface area contributed by atoms with Crippen molar-refractivity contribution in [3.63, 3.8) is 0 Å². The minimum Gasteiger partial charge on any atom is -0.489 e. The number of hydrogen-bond acceptors (Lipinski definition) is 7. The largest absolute Gasteiger partial charge is 0.489 e. The van der Waals surface area contributed by atoms with E-state index in [0.717, 1.165) is 16.7 Å². The molecule has 0 N–H and O–H groups in total. The van der Waals surface area contributed by atoms with Crippen molar-refractivity contribution in [1.82, 2.24) is 14.8 Å². The fourth-order valence-electron chi connectivity index (χ4n) is 5.59. The summed E-state index contributed by atoms with van der Waals surface area (Å²) in [6.45, 7) is 5.08. The fourth-order valence-corrected chi connectivity index (χ4v) is 5.90. The van der Waals surface area contributed by atoms with Gasteiger partial charge in [0.25, 0.3) is 0 Å². The van der Waals surface area contributed by atoms with Crippen molar-refractivity contribution in [2.75, 3.05) is 26.2 Å². The van der Waals surface area contributed by atoms with Crippen molar-refractivity contribution in [3.8, 4) is 29.2 Å². The molecule has 52 heavy (non-hydrogen) atoms. The van der Waals surface area contributed by atoms with E-state index in [0.29, 0.717) is 84.2 Å². The number of ether oxygens (including phenoxy) is 3. The highest BCUT2D eigenvalue weighted by atomic mass is 35.5. The van der Waals surface area contributed by atoms with Gasteiger partial charge in [0.2, 0.25) is 11.8 Å². The van der Waals surface area contributed by atoms with E-state index in [2.05, 4.69) is 16.0 Å². The molecule has 2 heterocycles. The van der Waals surface area contributed by atoms with Gasteiger partial charge in [-0.05, 0) is 95.9 Å². The van der Waals surface area contributed by atoms with Crippen molar-refractivity contribution < 1.29 is 27.8 Å².